The van der Waals surface area contributed by atoms with Gasteiger partial charge in [-0.3, -0.25) is 24.0 Å². The molecule has 4 fully saturated rings. The van der Waals surface area contributed by atoms with Crippen LogP contribution in [0.4, 0.5) is 4.79 Å². The Balaban J connectivity index is 1.13. The van der Waals surface area contributed by atoms with Crippen molar-refractivity contribution >= 4 is 35.6 Å². The molecule has 0 saturated heterocycles. The number of ether oxygens (including phenoxy) is 6. The highest BCUT2D eigenvalue weighted by molar-refractivity contribution is 5.81. The van der Waals surface area contributed by atoms with Gasteiger partial charge in [0.15, 0.2) is 12.4 Å². The Kier molecular flexibility index (Phi) is 17.8. The zero-order chi connectivity index (χ0) is 41.6. The van der Waals surface area contributed by atoms with Crippen LogP contribution in [0.15, 0.2) is 24.3 Å². The van der Waals surface area contributed by atoms with Gasteiger partial charge in [-0.15, -0.1) is 0 Å². The Morgan fingerprint density at radius 1 is 0.754 bits per heavy atom. The maximum absolute atomic E-state index is 12.7. The third-order valence-corrected chi connectivity index (χ3v) is 13.6. The molecule has 0 spiro atoms. The van der Waals surface area contributed by atoms with Gasteiger partial charge in [-0.2, -0.15) is 0 Å². The van der Waals surface area contributed by atoms with Crippen molar-refractivity contribution in [1.29, 1.82) is 0 Å². The number of Topliss-reactive ketones (excluding diaryl/α,β-unsaturated/α-hetero) is 2. The van der Waals surface area contributed by atoms with Crippen molar-refractivity contribution in [2.45, 2.75) is 157 Å². The molecule has 2 unspecified atom stereocenters. The second kappa shape index (κ2) is 22.0. The van der Waals surface area contributed by atoms with Gasteiger partial charge in [0, 0.05) is 25.2 Å². The van der Waals surface area contributed by atoms with Gasteiger partial charge in [-0.25, -0.2) is 4.79 Å². The maximum atomic E-state index is 12.7. The fourth-order valence-electron chi connectivity index (χ4n) is 10.6. The van der Waals surface area contributed by atoms with Gasteiger partial charge >= 0.3 is 24.1 Å². The van der Waals surface area contributed by atoms with Gasteiger partial charge in [0.25, 0.3) is 0 Å². The summed E-state index contributed by atoms with van der Waals surface area (Å²) in [6.07, 6.45) is 16.1. The predicted molar refractivity (Wildman–Crippen MR) is 211 cm³/mol. The minimum atomic E-state index is -1.26. The van der Waals surface area contributed by atoms with Crippen molar-refractivity contribution in [2.24, 2.45) is 46.3 Å². The molecule has 320 valence electrons. The molecule has 0 amide bonds. The molecule has 4 aliphatic carbocycles. The summed E-state index contributed by atoms with van der Waals surface area (Å²) in [5.74, 6) is 0.722. The fourth-order valence-corrected chi connectivity index (χ4v) is 10.6. The number of allylic oxidation sites excluding steroid dienone is 3. The highest BCUT2D eigenvalue weighted by Crippen LogP contribution is 2.67. The van der Waals surface area contributed by atoms with Crippen molar-refractivity contribution in [2.75, 3.05) is 20.0 Å². The third-order valence-electron chi connectivity index (χ3n) is 13.6. The summed E-state index contributed by atoms with van der Waals surface area (Å²) >= 11 is 0. The summed E-state index contributed by atoms with van der Waals surface area (Å²) in [6.45, 7) is 11.0. The van der Waals surface area contributed by atoms with Crippen LogP contribution >= 0.6 is 0 Å². The molecule has 57 heavy (non-hydrogen) atoms. The average molecular weight is 801 g/mol. The molecular formula is C45H68O12. The summed E-state index contributed by atoms with van der Waals surface area (Å²) in [7, 11) is 0. The topological polar surface area (TPSA) is 158 Å². The minimum Gasteiger partial charge on any atom is -0.459 e. The highest BCUT2D eigenvalue weighted by Gasteiger charge is 2.61. The molecule has 12 heteroatoms. The molecule has 4 rings (SSSR count). The van der Waals surface area contributed by atoms with E-state index in [1.165, 1.54) is 12.8 Å². The summed E-state index contributed by atoms with van der Waals surface area (Å²) < 4.78 is 32.0. The molecule has 12 nitrogen and oxygen atoms in total. The number of carbonyl (C=O) groups excluding carboxylic acids is 6. The molecule has 0 aliphatic heterocycles. The van der Waals surface area contributed by atoms with Crippen molar-refractivity contribution in [1.82, 2.24) is 0 Å². The number of esters is 3. The molecule has 0 aromatic heterocycles. The van der Waals surface area contributed by atoms with Crippen molar-refractivity contribution in [3.8, 4) is 0 Å². The zero-order valence-electron chi connectivity index (χ0n) is 35.3. The summed E-state index contributed by atoms with van der Waals surface area (Å²) in [6, 6.07) is 0. The lowest BCUT2D eigenvalue weighted by Crippen LogP contribution is -2.54. The molecule has 0 radical (unpaired) electrons. The smallest absolute Gasteiger partial charge is 0.459 e. The van der Waals surface area contributed by atoms with E-state index in [2.05, 4.69) is 13.8 Å². The van der Waals surface area contributed by atoms with E-state index in [9.17, 15) is 28.8 Å². The lowest BCUT2D eigenvalue weighted by atomic mass is 9.44. The Labute approximate surface area is 339 Å². The van der Waals surface area contributed by atoms with E-state index >= 15 is 0 Å². The molecule has 4 saturated carbocycles. The summed E-state index contributed by atoms with van der Waals surface area (Å²) in [4.78, 5) is 74.5. The van der Waals surface area contributed by atoms with Crippen LogP contribution < -0.4 is 0 Å². The number of ketones is 2. The standard InChI is InChI=1S/C45H68O12/c1-7-9-11-13-33(47)27-53-42(28-52-39(48)14-12-10-8-2)57-40(49)20-15-30(3)25-41(50)54-29-55-43(51)56-34-21-23-44(5)32(26-34)16-17-35-37-19-18-36(31(4)46)45(37,6)24-22-38(35)44/h9-12,30,32,34-38,42H,7-8,13-29H2,1-6H3/b11-9-,12-10-/t30?,32-,34+,35-,36+,37-,38-,42?,44-,45+/m0/s1. The Bertz CT molecular complexity index is 1420. The monoisotopic (exact) mass is 800 g/mol. The zero-order valence-corrected chi connectivity index (χ0v) is 35.3. The van der Waals surface area contributed by atoms with E-state index in [-0.39, 0.29) is 79.9 Å². The molecular weight excluding hydrogens is 732 g/mol. The molecule has 0 heterocycles. The molecule has 0 N–H and O–H groups in total. The number of hydrogen-bond acceptors (Lipinski definition) is 12. The van der Waals surface area contributed by atoms with E-state index in [1.54, 1.807) is 26.0 Å². The number of carbonyl (C=O) groups is 6. The first kappa shape index (κ1) is 46.2. The van der Waals surface area contributed by atoms with E-state index in [1.807, 2.05) is 26.0 Å². The normalized spacial score (nSPS) is 30.4. The second-order valence-corrected chi connectivity index (χ2v) is 17.5. The van der Waals surface area contributed by atoms with Crippen LogP contribution in [0.2, 0.25) is 0 Å². The maximum Gasteiger partial charge on any atom is 0.511 e. The molecule has 0 aromatic carbocycles. The van der Waals surface area contributed by atoms with Crippen molar-refractivity contribution in [3.05, 3.63) is 24.3 Å². The molecule has 0 aromatic rings. The number of rotatable bonds is 21. The second-order valence-electron chi connectivity index (χ2n) is 17.5. The first-order valence-corrected chi connectivity index (χ1v) is 21.5. The lowest BCUT2D eigenvalue weighted by Gasteiger charge is -2.61. The van der Waals surface area contributed by atoms with Crippen LogP contribution in [-0.4, -0.2) is 68.0 Å². The van der Waals surface area contributed by atoms with Crippen molar-refractivity contribution < 1.29 is 57.2 Å². The molecule has 0 bridgehead atoms. The van der Waals surface area contributed by atoms with E-state index < -0.39 is 37.1 Å². The Morgan fingerprint density at radius 3 is 2.18 bits per heavy atom. The SMILES string of the molecule is CC/C=C\CC(=O)COC(COC(=O)C/C=C\CC)OC(=O)CCC(C)CC(=O)OCOC(=O)O[C@@H]1CC[C@@]2(C)[C@@H](CC[C@@H]3[C@@H]2CC[C@]2(C)[C@@H](C(C)=O)CC[C@@H]32)C1. The quantitative estimate of drug-likeness (QED) is 0.0471. The summed E-state index contributed by atoms with van der Waals surface area (Å²) in [5.41, 5.74) is 0.337. The Hall–Kier alpha value is -3.54. The highest BCUT2D eigenvalue weighted by atomic mass is 16.8. The predicted octanol–water partition coefficient (Wildman–Crippen LogP) is 8.77. The van der Waals surface area contributed by atoms with Gasteiger partial charge in [0.05, 0.1) is 6.42 Å². The van der Waals surface area contributed by atoms with E-state index in [4.69, 9.17) is 28.4 Å². The van der Waals surface area contributed by atoms with Crippen LogP contribution in [0.5, 0.6) is 0 Å². The number of fused-ring (bicyclic) bond motifs is 5. The van der Waals surface area contributed by atoms with Crippen molar-refractivity contribution in [3.63, 3.8) is 0 Å². The van der Waals surface area contributed by atoms with Crippen LogP contribution in [0.3, 0.4) is 0 Å². The molecule has 10 atom stereocenters. The largest absolute Gasteiger partial charge is 0.511 e. The van der Waals surface area contributed by atoms with Crippen LogP contribution in [0.25, 0.3) is 0 Å². The Morgan fingerprint density at radius 2 is 1.46 bits per heavy atom. The third kappa shape index (κ3) is 13.0. The van der Waals surface area contributed by atoms with E-state index in [0.717, 1.165) is 57.8 Å². The first-order valence-electron chi connectivity index (χ1n) is 21.5. The van der Waals surface area contributed by atoms with E-state index in [0.29, 0.717) is 29.5 Å². The van der Waals surface area contributed by atoms with Gasteiger partial charge in [0.2, 0.25) is 13.1 Å². The summed E-state index contributed by atoms with van der Waals surface area (Å²) in [5, 5.41) is 0. The van der Waals surface area contributed by atoms with Crippen LogP contribution in [-0.2, 0) is 52.4 Å². The minimum absolute atomic E-state index is 0.0191. The average Bonchev–Trinajstić information content (AvgIpc) is 3.53. The number of hydrogen-bond donors (Lipinski definition) is 0. The van der Waals surface area contributed by atoms with Crippen LogP contribution in [0.1, 0.15) is 144 Å². The van der Waals surface area contributed by atoms with Gasteiger partial charge in [-0.1, -0.05) is 58.9 Å². The van der Waals surface area contributed by atoms with Gasteiger partial charge in [0.1, 0.15) is 18.5 Å². The van der Waals surface area contributed by atoms with Crippen LogP contribution in [0, 0.1) is 46.3 Å². The lowest BCUT2D eigenvalue weighted by molar-refractivity contribution is -0.195. The fraction of sp³-hybridized carbons (Fsp3) is 0.778. The van der Waals surface area contributed by atoms with Gasteiger partial charge in [-0.05, 0) is 124 Å². The van der Waals surface area contributed by atoms with Gasteiger partial charge < -0.3 is 28.4 Å². The first-order chi connectivity index (χ1) is 27.2. The molecule has 4 aliphatic rings.